The number of hydrogen-bond acceptors (Lipinski definition) is 0. The summed E-state index contributed by atoms with van der Waals surface area (Å²) >= 11 is 2.69. The molecule has 0 aromatic heterocycles. The van der Waals surface area contributed by atoms with Gasteiger partial charge in [0.15, 0.2) is 0 Å². The van der Waals surface area contributed by atoms with E-state index in [1.54, 1.807) is 0 Å². The third-order valence-electron chi connectivity index (χ3n) is 1.07. The second-order valence-electron chi connectivity index (χ2n) is 1.58. The summed E-state index contributed by atoms with van der Waals surface area (Å²) in [5.41, 5.74) is 0. The standard InChI is InChI=1S/C4H7As/c5-4-2-1-3-4/h4H,1-3H2. The molecular formula is C4H7As. The molecule has 0 spiro atoms. The van der Waals surface area contributed by atoms with Crippen LogP contribution in [-0.2, 0) is 0 Å². The van der Waals surface area contributed by atoms with E-state index in [4.69, 9.17) is 0 Å². The molecule has 0 aliphatic heterocycles. The summed E-state index contributed by atoms with van der Waals surface area (Å²) in [6, 6.07) is 0. The van der Waals surface area contributed by atoms with Gasteiger partial charge in [0, 0.05) is 0 Å². The molecule has 0 bridgehead atoms. The molecule has 0 heterocycles. The summed E-state index contributed by atoms with van der Waals surface area (Å²) in [7, 11) is 0. The van der Waals surface area contributed by atoms with Gasteiger partial charge in [0.25, 0.3) is 0 Å². The molecule has 0 N–H and O–H groups in total. The fourth-order valence-corrected chi connectivity index (χ4v) is 1.15. The van der Waals surface area contributed by atoms with E-state index < -0.39 is 0 Å². The maximum atomic E-state index is 2.69. The summed E-state index contributed by atoms with van der Waals surface area (Å²) in [6.07, 6.45) is 4.39. The van der Waals surface area contributed by atoms with Gasteiger partial charge in [0.1, 0.15) is 0 Å². The van der Waals surface area contributed by atoms with Crippen LogP contribution in [0, 0.1) is 0 Å². The van der Waals surface area contributed by atoms with Crippen LogP contribution in [-0.4, -0.2) is 16.9 Å². The molecule has 2 radical (unpaired) electrons. The zero-order valence-electron chi connectivity index (χ0n) is 3.15. The van der Waals surface area contributed by atoms with Gasteiger partial charge in [-0.2, -0.15) is 0 Å². The fraction of sp³-hybridized carbons (Fsp3) is 1.00. The van der Waals surface area contributed by atoms with Gasteiger partial charge in [-0.15, -0.1) is 0 Å². The van der Waals surface area contributed by atoms with Crippen molar-refractivity contribution in [1.82, 2.24) is 0 Å². The van der Waals surface area contributed by atoms with E-state index in [9.17, 15) is 0 Å². The van der Waals surface area contributed by atoms with E-state index in [2.05, 4.69) is 16.9 Å². The Balaban J connectivity index is 2.08. The first-order valence-corrected chi connectivity index (χ1v) is 3.16. The predicted molar refractivity (Wildman–Crippen MR) is 23.4 cm³/mol. The Hall–Kier alpha value is 0.558. The van der Waals surface area contributed by atoms with Gasteiger partial charge < -0.3 is 0 Å². The molecule has 1 fully saturated rings. The molecule has 1 heteroatoms. The first-order valence-electron chi connectivity index (χ1n) is 2.07. The molecule has 1 rings (SSSR count). The summed E-state index contributed by atoms with van der Waals surface area (Å²) < 4.78 is 1.00. The molecule has 0 aromatic rings. The molecule has 0 saturated heterocycles. The van der Waals surface area contributed by atoms with Crippen molar-refractivity contribution in [3.05, 3.63) is 0 Å². The van der Waals surface area contributed by atoms with Crippen molar-refractivity contribution in [2.24, 2.45) is 0 Å². The Bertz CT molecular complexity index is 30.6. The van der Waals surface area contributed by atoms with Crippen LogP contribution < -0.4 is 0 Å². The van der Waals surface area contributed by atoms with Crippen LogP contribution in [0.4, 0.5) is 0 Å². The normalized spacial score (nSPS) is 25.8. The van der Waals surface area contributed by atoms with Gasteiger partial charge in [0.05, 0.1) is 0 Å². The molecule has 1 aliphatic carbocycles. The maximum absolute atomic E-state index is 2.69. The van der Waals surface area contributed by atoms with Gasteiger partial charge in [0.2, 0.25) is 0 Å². The molecule has 0 aromatic carbocycles. The van der Waals surface area contributed by atoms with Crippen LogP contribution in [0.3, 0.4) is 0 Å². The minimum atomic E-state index is 1.00. The summed E-state index contributed by atoms with van der Waals surface area (Å²) in [5, 5.41) is 0. The van der Waals surface area contributed by atoms with Crippen molar-refractivity contribution >= 4 is 16.9 Å². The van der Waals surface area contributed by atoms with Crippen molar-refractivity contribution in [3.63, 3.8) is 0 Å². The third-order valence-corrected chi connectivity index (χ3v) is 2.16. The Morgan fingerprint density at radius 3 is 1.80 bits per heavy atom. The molecule has 0 unspecified atom stereocenters. The van der Waals surface area contributed by atoms with Crippen molar-refractivity contribution in [1.29, 1.82) is 0 Å². The Morgan fingerprint density at radius 2 is 1.80 bits per heavy atom. The second-order valence-corrected chi connectivity index (χ2v) is 3.12. The molecule has 1 saturated carbocycles. The summed E-state index contributed by atoms with van der Waals surface area (Å²) in [6.45, 7) is 0. The van der Waals surface area contributed by atoms with Gasteiger partial charge in [-0.3, -0.25) is 0 Å². The molecule has 28 valence electrons. The number of rotatable bonds is 0. The van der Waals surface area contributed by atoms with Crippen LogP contribution in [0.25, 0.3) is 0 Å². The molecule has 0 atom stereocenters. The van der Waals surface area contributed by atoms with E-state index in [1.165, 1.54) is 19.3 Å². The second kappa shape index (κ2) is 1.34. The van der Waals surface area contributed by atoms with E-state index in [0.29, 0.717) is 0 Å². The van der Waals surface area contributed by atoms with Crippen molar-refractivity contribution in [2.75, 3.05) is 0 Å². The molecule has 5 heavy (non-hydrogen) atoms. The predicted octanol–water partition coefficient (Wildman–Crippen LogP) is 1.13. The monoisotopic (exact) mass is 130 g/mol. The average molecular weight is 130 g/mol. The van der Waals surface area contributed by atoms with E-state index in [0.717, 1.165) is 4.71 Å². The van der Waals surface area contributed by atoms with Gasteiger partial charge >= 0.3 is 40.8 Å². The van der Waals surface area contributed by atoms with Crippen molar-refractivity contribution < 1.29 is 0 Å². The van der Waals surface area contributed by atoms with Crippen LogP contribution in [0.15, 0.2) is 0 Å². The van der Waals surface area contributed by atoms with Crippen LogP contribution >= 0.6 is 0 Å². The van der Waals surface area contributed by atoms with Crippen molar-refractivity contribution in [2.45, 2.75) is 24.0 Å². The number of hydrogen-bond donors (Lipinski definition) is 0. The first-order chi connectivity index (χ1) is 2.39. The summed E-state index contributed by atoms with van der Waals surface area (Å²) in [4.78, 5) is 0. The zero-order valence-corrected chi connectivity index (χ0v) is 5.02. The van der Waals surface area contributed by atoms with E-state index in [1.807, 2.05) is 0 Å². The fourth-order valence-electron chi connectivity index (χ4n) is 0.387. The average Bonchev–Trinajstić information content (AvgIpc) is 1.30. The van der Waals surface area contributed by atoms with Crippen LogP contribution in [0.2, 0.25) is 4.71 Å². The molecule has 0 amide bonds. The topological polar surface area (TPSA) is 0 Å². The minimum absolute atomic E-state index is 1.00. The van der Waals surface area contributed by atoms with Crippen LogP contribution in [0.1, 0.15) is 19.3 Å². The first kappa shape index (κ1) is 3.74. The van der Waals surface area contributed by atoms with Gasteiger partial charge in [-0.25, -0.2) is 0 Å². The van der Waals surface area contributed by atoms with Crippen molar-refractivity contribution in [3.8, 4) is 0 Å². The Labute approximate surface area is 41.4 Å². The summed E-state index contributed by atoms with van der Waals surface area (Å²) in [5.74, 6) is 0. The van der Waals surface area contributed by atoms with E-state index in [-0.39, 0.29) is 0 Å². The van der Waals surface area contributed by atoms with E-state index >= 15 is 0 Å². The molecule has 1 aliphatic rings. The molecule has 0 nitrogen and oxygen atoms in total. The van der Waals surface area contributed by atoms with Crippen LogP contribution in [0.5, 0.6) is 0 Å². The Morgan fingerprint density at radius 1 is 1.40 bits per heavy atom. The quantitative estimate of drug-likeness (QED) is 0.431. The zero-order chi connectivity index (χ0) is 3.70. The van der Waals surface area contributed by atoms with Gasteiger partial charge in [-0.1, -0.05) is 0 Å². The Kier molecular flexibility index (Phi) is 1.00. The molecular weight excluding hydrogens is 123 g/mol. The SMILES string of the molecule is [As]C1CCC1. The van der Waals surface area contributed by atoms with Gasteiger partial charge in [-0.05, 0) is 0 Å². The third kappa shape index (κ3) is 0.694.